The molecular formula is C15H14O3S. The minimum atomic E-state index is -0.0140. The van der Waals surface area contributed by atoms with Crippen LogP contribution in [0.15, 0.2) is 41.8 Å². The molecule has 0 fully saturated rings. The number of allylic oxidation sites excluding steroid dienone is 1. The summed E-state index contributed by atoms with van der Waals surface area (Å²) >= 11 is 1.43. The molecule has 0 N–H and O–H groups in total. The first-order valence-corrected chi connectivity index (χ1v) is 6.61. The topological polar surface area (TPSA) is 35.5 Å². The Kier molecular flexibility index (Phi) is 4.36. The monoisotopic (exact) mass is 274 g/mol. The number of hydrogen-bond acceptors (Lipinski definition) is 4. The third-order valence-electron chi connectivity index (χ3n) is 2.61. The maximum absolute atomic E-state index is 11.9. The van der Waals surface area contributed by atoms with Gasteiger partial charge in [0.15, 0.2) is 17.3 Å². The smallest absolute Gasteiger partial charge is 0.195 e. The first-order chi connectivity index (χ1) is 9.26. The van der Waals surface area contributed by atoms with Crippen molar-refractivity contribution in [3.8, 4) is 11.5 Å². The second-order valence-electron chi connectivity index (χ2n) is 3.76. The lowest BCUT2D eigenvalue weighted by Gasteiger charge is -2.09. The van der Waals surface area contributed by atoms with Crippen LogP contribution in [0.2, 0.25) is 0 Å². The van der Waals surface area contributed by atoms with Crippen LogP contribution in [0.3, 0.4) is 0 Å². The van der Waals surface area contributed by atoms with Gasteiger partial charge in [0.1, 0.15) is 0 Å². The van der Waals surface area contributed by atoms with Gasteiger partial charge in [-0.05, 0) is 29.7 Å². The largest absolute Gasteiger partial charge is 0.493 e. The lowest BCUT2D eigenvalue weighted by Crippen LogP contribution is -1.93. The molecule has 0 spiro atoms. The first kappa shape index (κ1) is 13.4. The minimum Gasteiger partial charge on any atom is -0.493 e. The van der Waals surface area contributed by atoms with E-state index in [0.717, 1.165) is 10.4 Å². The SMILES string of the molecule is COc1cccc(C=CC(=O)c2cccs2)c1OC. The number of rotatable bonds is 5. The number of carbonyl (C=O) groups is 1. The molecule has 0 radical (unpaired) electrons. The summed E-state index contributed by atoms with van der Waals surface area (Å²) in [5, 5.41) is 1.88. The van der Waals surface area contributed by atoms with Crippen LogP contribution in [0.4, 0.5) is 0 Å². The van der Waals surface area contributed by atoms with Gasteiger partial charge >= 0.3 is 0 Å². The summed E-state index contributed by atoms with van der Waals surface area (Å²) in [5.74, 6) is 1.26. The number of methoxy groups -OCH3 is 2. The number of ether oxygens (including phenoxy) is 2. The van der Waals surface area contributed by atoms with Gasteiger partial charge in [0.25, 0.3) is 0 Å². The Morgan fingerprint density at radius 3 is 2.63 bits per heavy atom. The fourth-order valence-electron chi connectivity index (χ4n) is 1.71. The molecule has 19 heavy (non-hydrogen) atoms. The van der Waals surface area contributed by atoms with E-state index in [-0.39, 0.29) is 5.78 Å². The molecule has 0 aliphatic heterocycles. The predicted molar refractivity (Wildman–Crippen MR) is 77.2 cm³/mol. The quantitative estimate of drug-likeness (QED) is 0.616. The van der Waals surface area contributed by atoms with E-state index < -0.39 is 0 Å². The highest BCUT2D eigenvalue weighted by Gasteiger charge is 2.08. The molecule has 0 saturated heterocycles. The van der Waals surface area contributed by atoms with Crippen molar-refractivity contribution in [3.63, 3.8) is 0 Å². The average Bonchev–Trinajstić information content (AvgIpc) is 2.98. The van der Waals surface area contributed by atoms with Crippen molar-refractivity contribution in [1.29, 1.82) is 0 Å². The summed E-state index contributed by atoms with van der Waals surface area (Å²) in [6.07, 6.45) is 3.28. The fourth-order valence-corrected chi connectivity index (χ4v) is 2.35. The van der Waals surface area contributed by atoms with E-state index >= 15 is 0 Å². The maximum atomic E-state index is 11.9. The molecule has 1 aromatic heterocycles. The Balaban J connectivity index is 2.26. The van der Waals surface area contributed by atoms with Gasteiger partial charge in [0.05, 0.1) is 19.1 Å². The molecule has 0 aliphatic rings. The second-order valence-corrected chi connectivity index (χ2v) is 4.71. The summed E-state index contributed by atoms with van der Waals surface area (Å²) in [7, 11) is 3.17. The van der Waals surface area contributed by atoms with Crippen molar-refractivity contribution in [2.45, 2.75) is 0 Å². The number of ketones is 1. The van der Waals surface area contributed by atoms with Gasteiger partial charge in [0, 0.05) is 5.56 Å². The van der Waals surface area contributed by atoms with Gasteiger partial charge in [-0.2, -0.15) is 0 Å². The van der Waals surface area contributed by atoms with Crippen molar-refractivity contribution >= 4 is 23.2 Å². The normalized spacial score (nSPS) is 10.6. The Labute approximate surface area is 116 Å². The molecule has 0 bridgehead atoms. The highest BCUT2D eigenvalue weighted by Crippen LogP contribution is 2.31. The summed E-state index contributed by atoms with van der Waals surface area (Å²) < 4.78 is 10.5. The summed E-state index contributed by atoms with van der Waals surface area (Å²) in [6.45, 7) is 0. The standard InChI is InChI=1S/C15H14O3S/c1-17-13-6-3-5-11(15(13)18-2)8-9-12(16)14-7-4-10-19-14/h3-10H,1-2H3. The van der Waals surface area contributed by atoms with E-state index in [1.165, 1.54) is 11.3 Å². The summed E-state index contributed by atoms with van der Waals surface area (Å²) in [5.41, 5.74) is 0.812. The van der Waals surface area contributed by atoms with Crippen molar-refractivity contribution in [1.82, 2.24) is 0 Å². The number of hydrogen-bond donors (Lipinski definition) is 0. The van der Waals surface area contributed by atoms with E-state index in [9.17, 15) is 4.79 Å². The molecule has 4 heteroatoms. The Morgan fingerprint density at radius 2 is 2.00 bits per heavy atom. The Bertz CT molecular complexity index is 585. The van der Waals surface area contributed by atoms with Crippen LogP contribution in [0, 0.1) is 0 Å². The molecule has 0 amide bonds. The van der Waals surface area contributed by atoms with Crippen molar-refractivity contribution < 1.29 is 14.3 Å². The lowest BCUT2D eigenvalue weighted by atomic mass is 10.1. The van der Waals surface area contributed by atoms with Gasteiger partial charge in [-0.15, -0.1) is 11.3 Å². The molecule has 0 saturated carbocycles. The Hall–Kier alpha value is -2.07. The number of thiophene rings is 1. The van der Waals surface area contributed by atoms with Crippen LogP contribution in [-0.4, -0.2) is 20.0 Å². The van der Waals surface area contributed by atoms with Crippen LogP contribution in [0.5, 0.6) is 11.5 Å². The van der Waals surface area contributed by atoms with Gasteiger partial charge in [-0.25, -0.2) is 0 Å². The number of carbonyl (C=O) groups excluding carboxylic acids is 1. The van der Waals surface area contributed by atoms with Gasteiger partial charge in [-0.3, -0.25) is 4.79 Å². The zero-order valence-electron chi connectivity index (χ0n) is 10.8. The van der Waals surface area contributed by atoms with E-state index in [0.29, 0.717) is 11.5 Å². The number of para-hydroxylation sites is 1. The Morgan fingerprint density at radius 1 is 1.16 bits per heavy atom. The molecule has 0 aliphatic carbocycles. The zero-order valence-corrected chi connectivity index (χ0v) is 11.6. The molecule has 1 aromatic carbocycles. The molecule has 0 unspecified atom stereocenters. The highest BCUT2D eigenvalue weighted by molar-refractivity contribution is 7.12. The van der Waals surface area contributed by atoms with E-state index in [2.05, 4.69) is 0 Å². The van der Waals surface area contributed by atoms with Crippen LogP contribution < -0.4 is 9.47 Å². The average molecular weight is 274 g/mol. The lowest BCUT2D eigenvalue weighted by molar-refractivity contribution is 0.105. The van der Waals surface area contributed by atoms with Crippen LogP contribution in [0.1, 0.15) is 15.2 Å². The molecule has 3 nitrogen and oxygen atoms in total. The van der Waals surface area contributed by atoms with Crippen LogP contribution >= 0.6 is 11.3 Å². The third kappa shape index (κ3) is 3.03. The second kappa shape index (κ2) is 6.20. The van der Waals surface area contributed by atoms with E-state index in [1.807, 2.05) is 29.6 Å². The number of benzene rings is 1. The minimum absolute atomic E-state index is 0.0140. The van der Waals surface area contributed by atoms with Crippen molar-refractivity contribution in [2.24, 2.45) is 0 Å². The highest BCUT2D eigenvalue weighted by atomic mass is 32.1. The summed E-state index contributed by atoms with van der Waals surface area (Å²) in [4.78, 5) is 12.6. The first-order valence-electron chi connectivity index (χ1n) is 5.73. The molecule has 98 valence electrons. The van der Waals surface area contributed by atoms with E-state index in [1.54, 1.807) is 32.4 Å². The molecule has 0 atom stereocenters. The van der Waals surface area contributed by atoms with Crippen molar-refractivity contribution in [3.05, 3.63) is 52.2 Å². The van der Waals surface area contributed by atoms with Crippen LogP contribution in [0.25, 0.3) is 6.08 Å². The van der Waals surface area contributed by atoms with Gasteiger partial charge < -0.3 is 9.47 Å². The fraction of sp³-hybridized carbons (Fsp3) is 0.133. The predicted octanol–water partition coefficient (Wildman–Crippen LogP) is 3.66. The molecule has 2 rings (SSSR count). The van der Waals surface area contributed by atoms with Gasteiger partial charge in [0.2, 0.25) is 0 Å². The summed E-state index contributed by atoms with van der Waals surface area (Å²) in [6, 6.07) is 9.21. The molecular weight excluding hydrogens is 260 g/mol. The maximum Gasteiger partial charge on any atom is 0.195 e. The van der Waals surface area contributed by atoms with Crippen LogP contribution in [-0.2, 0) is 0 Å². The van der Waals surface area contributed by atoms with E-state index in [4.69, 9.17) is 9.47 Å². The molecule has 2 aromatic rings. The third-order valence-corrected chi connectivity index (χ3v) is 3.50. The van der Waals surface area contributed by atoms with Gasteiger partial charge in [-0.1, -0.05) is 18.2 Å². The molecule has 1 heterocycles. The zero-order chi connectivity index (χ0) is 13.7. The van der Waals surface area contributed by atoms with Crippen molar-refractivity contribution in [2.75, 3.05) is 14.2 Å².